The van der Waals surface area contributed by atoms with E-state index < -0.39 is 0 Å². The number of rotatable bonds is 7. The number of halogens is 1. The van der Waals surface area contributed by atoms with Gasteiger partial charge in [0.25, 0.3) is 0 Å². The molecule has 0 unspecified atom stereocenters. The van der Waals surface area contributed by atoms with Gasteiger partial charge in [-0.15, -0.1) is 0 Å². The molecule has 2 aliphatic heterocycles. The van der Waals surface area contributed by atoms with E-state index in [0.29, 0.717) is 54.7 Å². The normalized spacial score (nSPS) is 11.3. The minimum atomic E-state index is -0.367. The van der Waals surface area contributed by atoms with E-state index in [9.17, 15) is 19.2 Å². The van der Waals surface area contributed by atoms with Crippen molar-refractivity contribution in [2.24, 2.45) is 0 Å². The Morgan fingerprint density at radius 1 is 0.745 bits per heavy atom. The Labute approximate surface area is 327 Å². The zero-order chi connectivity index (χ0) is 34.7. The number of hydrogen-bond donors (Lipinski definition) is 0. The summed E-state index contributed by atoms with van der Waals surface area (Å²) in [5, 5.41) is 0. The maximum Gasteiger partial charge on any atom is 0.356 e. The fraction of sp³-hybridized carbons (Fsp3) is 0.308. The topological polar surface area (TPSA) is 131 Å². The monoisotopic (exact) mass is 848 g/mol. The smallest absolute Gasteiger partial charge is 0.356 e. The summed E-state index contributed by atoms with van der Waals surface area (Å²) in [6.07, 6.45) is 4.90. The number of carbonyl (C=O) groups is 4. The fourth-order valence-corrected chi connectivity index (χ4v) is 4.33. The van der Waals surface area contributed by atoms with E-state index in [1.54, 1.807) is 86.0 Å². The molecule has 4 heterocycles. The second-order valence-electron chi connectivity index (χ2n) is 10.1. The van der Waals surface area contributed by atoms with Gasteiger partial charge in [-0.05, 0) is 85.2 Å². The van der Waals surface area contributed by atoms with Gasteiger partial charge in [0.2, 0.25) is 0 Å². The third-order valence-electron chi connectivity index (χ3n) is 6.61. The van der Waals surface area contributed by atoms with Crippen LogP contribution in [0.5, 0.6) is 17.2 Å². The SMILES string of the molecule is C.CC(=O)c1ccc2c(c1)OCCO2.CCI.CCOC(=O)c1ccccn1.O=C(CC(=O)c1ccccn1)c1ccc2c(c1)OCCC2.[CH3-].[V]. The first-order valence-electron chi connectivity index (χ1n) is 15.5. The van der Waals surface area contributed by atoms with Crippen molar-refractivity contribution in [2.75, 3.05) is 30.9 Å². The summed E-state index contributed by atoms with van der Waals surface area (Å²) in [7, 11) is 0. The summed E-state index contributed by atoms with van der Waals surface area (Å²) in [4.78, 5) is 54.0. The second kappa shape index (κ2) is 25.8. The number of alkyl halides is 1. The van der Waals surface area contributed by atoms with Gasteiger partial charge in [-0.2, -0.15) is 0 Å². The summed E-state index contributed by atoms with van der Waals surface area (Å²) in [6, 6.07) is 20.9. The number of carbonyl (C=O) groups excluding carboxylic acids is 4. The van der Waals surface area contributed by atoms with Gasteiger partial charge in [0.05, 0.1) is 19.6 Å². The molecule has 2 aromatic carbocycles. The molecule has 0 bridgehead atoms. The van der Waals surface area contributed by atoms with Gasteiger partial charge in [0.1, 0.15) is 30.4 Å². The van der Waals surface area contributed by atoms with Gasteiger partial charge >= 0.3 is 5.97 Å². The number of nitrogens with zero attached hydrogens (tertiary/aromatic N) is 2. The number of esters is 1. The molecular weight excluding hydrogens is 802 g/mol. The summed E-state index contributed by atoms with van der Waals surface area (Å²) >= 11 is 2.29. The van der Waals surface area contributed by atoms with E-state index in [0.717, 1.165) is 29.9 Å². The molecule has 0 atom stereocenters. The molecule has 0 fully saturated rings. The molecule has 0 saturated heterocycles. The molecule has 0 aliphatic carbocycles. The van der Waals surface area contributed by atoms with Crippen LogP contribution in [0.25, 0.3) is 0 Å². The number of ketones is 3. The number of aromatic nitrogens is 2. The standard InChI is InChI=1S/C17H15NO3.C10H10O3.C8H9NO2.C2H5I.CH4.CH3.V/c19-15(11-16(20)14-5-1-2-8-18-14)13-7-6-12-4-3-9-21-17(12)10-13;1-7(11)8-2-3-9-10(6-8)13-5-4-12-9;1-2-11-8(10)7-5-3-4-6-9-7;1-2-3;;;/h1-2,5-8,10H,3-4,9,11H2;2-3,6H,4-5H2,1H3;3-6H,2H2,1H3;2H2,1H3;1H4;1H3;/q;;;;;-1;. The van der Waals surface area contributed by atoms with Crippen LogP contribution in [-0.4, -0.2) is 64.1 Å². The van der Waals surface area contributed by atoms with E-state index in [-0.39, 0.29) is 63.1 Å². The van der Waals surface area contributed by atoms with Crippen LogP contribution in [0.15, 0.2) is 85.2 Å². The van der Waals surface area contributed by atoms with Crippen molar-refractivity contribution in [2.45, 2.75) is 47.5 Å². The van der Waals surface area contributed by atoms with Crippen molar-refractivity contribution in [1.29, 1.82) is 0 Å². The summed E-state index contributed by atoms with van der Waals surface area (Å²) in [6.45, 7) is 7.60. The quantitative estimate of drug-likeness (QED) is 0.0447. The van der Waals surface area contributed by atoms with E-state index >= 15 is 0 Å². The Hall–Kier alpha value is -4.07. The largest absolute Gasteiger partial charge is 0.493 e. The summed E-state index contributed by atoms with van der Waals surface area (Å²) < 4.78 is 22.2. The Morgan fingerprint density at radius 3 is 1.90 bits per heavy atom. The molecule has 2 aliphatic rings. The number of benzene rings is 2. The average molecular weight is 849 g/mol. The molecule has 4 aromatic rings. The predicted molar refractivity (Wildman–Crippen MR) is 203 cm³/mol. The molecule has 1 radical (unpaired) electrons. The van der Waals surface area contributed by atoms with Crippen molar-refractivity contribution in [3.8, 4) is 17.2 Å². The van der Waals surface area contributed by atoms with E-state index in [4.69, 9.17) is 18.9 Å². The zero-order valence-corrected chi connectivity index (χ0v) is 32.3. The Morgan fingerprint density at radius 2 is 1.31 bits per heavy atom. The molecule has 6 rings (SSSR count). The van der Waals surface area contributed by atoms with Crippen molar-refractivity contribution in [3.05, 3.63) is 121 Å². The summed E-state index contributed by atoms with van der Waals surface area (Å²) in [5.41, 5.74) is 2.97. The molecular formula is C39H46IN2O8V-. The third-order valence-corrected chi connectivity index (χ3v) is 6.61. The molecule has 0 saturated carbocycles. The molecule has 0 amide bonds. The van der Waals surface area contributed by atoms with Crippen LogP contribution in [0, 0.1) is 7.43 Å². The maximum atomic E-state index is 12.2. The first kappa shape index (κ1) is 46.9. The van der Waals surface area contributed by atoms with Crippen molar-refractivity contribution in [1.82, 2.24) is 9.97 Å². The molecule has 2 aromatic heterocycles. The van der Waals surface area contributed by atoms with Crippen LogP contribution >= 0.6 is 22.6 Å². The molecule has 51 heavy (non-hydrogen) atoms. The van der Waals surface area contributed by atoms with Gasteiger partial charge in [-0.25, -0.2) is 9.78 Å². The number of fused-ring (bicyclic) bond motifs is 2. The number of hydrogen-bond acceptors (Lipinski definition) is 10. The van der Waals surface area contributed by atoms with Gasteiger partial charge < -0.3 is 26.4 Å². The number of pyridine rings is 2. The molecule has 0 N–H and O–H groups in total. The van der Waals surface area contributed by atoms with Crippen LogP contribution in [-0.2, 0) is 29.7 Å². The summed E-state index contributed by atoms with van der Waals surface area (Å²) in [5.74, 6) is 1.35. The van der Waals surface area contributed by atoms with Gasteiger partial charge in [0, 0.05) is 42.1 Å². The predicted octanol–water partition coefficient (Wildman–Crippen LogP) is 8.31. The molecule has 0 spiro atoms. The Balaban J connectivity index is 0.000000726. The number of ether oxygens (including phenoxy) is 4. The van der Waals surface area contributed by atoms with Crippen LogP contribution < -0.4 is 14.2 Å². The van der Waals surface area contributed by atoms with E-state index in [2.05, 4.69) is 39.5 Å². The van der Waals surface area contributed by atoms with Crippen molar-refractivity contribution < 1.29 is 56.7 Å². The van der Waals surface area contributed by atoms with Gasteiger partial charge in [-0.3, -0.25) is 19.4 Å². The van der Waals surface area contributed by atoms with Crippen molar-refractivity contribution >= 4 is 45.9 Å². The van der Waals surface area contributed by atoms with Crippen LogP contribution in [0.4, 0.5) is 0 Å². The Kier molecular flexibility index (Phi) is 23.8. The van der Waals surface area contributed by atoms with Gasteiger partial charge in [-0.1, -0.05) is 61.2 Å². The van der Waals surface area contributed by atoms with Crippen LogP contribution in [0.2, 0.25) is 0 Å². The zero-order valence-electron chi connectivity index (χ0n) is 28.7. The molecule has 10 nitrogen and oxygen atoms in total. The van der Waals surface area contributed by atoms with Gasteiger partial charge in [0.15, 0.2) is 28.8 Å². The molecule has 273 valence electrons. The first-order valence-corrected chi connectivity index (χ1v) is 17.1. The molecule has 12 heteroatoms. The fourth-order valence-electron chi connectivity index (χ4n) is 4.33. The number of aryl methyl sites for hydroxylation is 1. The minimum Gasteiger partial charge on any atom is -0.493 e. The van der Waals surface area contributed by atoms with E-state index in [1.807, 2.05) is 6.07 Å². The maximum absolute atomic E-state index is 12.2. The van der Waals surface area contributed by atoms with E-state index in [1.165, 1.54) is 11.4 Å². The third kappa shape index (κ3) is 15.8. The second-order valence-corrected chi connectivity index (χ2v) is 11.7. The first-order chi connectivity index (χ1) is 23.3. The Bertz CT molecular complexity index is 1660. The average Bonchev–Trinajstić information content (AvgIpc) is 3.13. The van der Waals surface area contributed by atoms with Crippen LogP contribution in [0.3, 0.4) is 0 Å². The number of Topliss-reactive ketones (excluding diaryl/α,β-unsaturated/α-hetero) is 3. The minimum absolute atomic E-state index is 0. The van der Waals surface area contributed by atoms with Crippen LogP contribution in [0.1, 0.15) is 88.3 Å². The van der Waals surface area contributed by atoms with Crippen molar-refractivity contribution in [3.63, 3.8) is 0 Å².